The zero-order valence-electron chi connectivity index (χ0n) is 14.1. The van der Waals surface area contributed by atoms with Crippen molar-refractivity contribution in [2.75, 3.05) is 26.8 Å². The van der Waals surface area contributed by atoms with Crippen molar-refractivity contribution in [3.05, 3.63) is 59.4 Å². The van der Waals surface area contributed by atoms with Crippen LogP contribution in [0.1, 0.15) is 17.2 Å². The SMILES string of the molecule is COc1ccc(C2CN(S(=O)(=O)c3ccc(F)c(C)c3)CCO2)cc1. The third kappa shape index (κ3) is 3.68. The van der Waals surface area contributed by atoms with Crippen molar-refractivity contribution in [3.8, 4) is 5.75 Å². The number of ether oxygens (including phenoxy) is 2. The molecule has 1 atom stereocenters. The molecule has 1 heterocycles. The molecule has 3 rings (SSSR count). The first-order chi connectivity index (χ1) is 11.9. The van der Waals surface area contributed by atoms with Gasteiger partial charge < -0.3 is 9.47 Å². The molecule has 0 saturated carbocycles. The number of aryl methyl sites for hydroxylation is 1. The molecule has 0 aliphatic carbocycles. The Morgan fingerprint density at radius 2 is 1.92 bits per heavy atom. The molecule has 1 aliphatic heterocycles. The molecule has 0 amide bonds. The zero-order valence-corrected chi connectivity index (χ0v) is 14.9. The predicted octanol–water partition coefficient (Wildman–Crippen LogP) is 2.90. The van der Waals surface area contributed by atoms with Crippen LogP contribution in [0.5, 0.6) is 5.75 Å². The lowest BCUT2D eigenvalue weighted by Crippen LogP contribution is -2.42. The number of hydrogen-bond donors (Lipinski definition) is 0. The molecule has 7 heteroatoms. The largest absolute Gasteiger partial charge is 0.497 e. The summed E-state index contributed by atoms with van der Waals surface area (Å²) in [5.41, 5.74) is 1.19. The maximum atomic E-state index is 13.4. The number of sulfonamides is 1. The molecule has 5 nitrogen and oxygen atoms in total. The van der Waals surface area contributed by atoms with Gasteiger partial charge in [-0.1, -0.05) is 12.1 Å². The number of hydrogen-bond acceptors (Lipinski definition) is 4. The van der Waals surface area contributed by atoms with Gasteiger partial charge in [0.15, 0.2) is 0 Å². The lowest BCUT2D eigenvalue weighted by molar-refractivity contribution is -0.00257. The van der Waals surface area contributed by atoms with Gasteiger partial charge in [-0.3, -0.25) is 0 Å². The minimum absolute atomic E-state index is 0.0989. The lowest BCUT2D eigenvalue weighted by Gasteiger charge is -2.32. The van der Waals surface area contributed by atoms with E-state index in [1.54, 1.807) is 14.0 Å². The van der Waals surface area contributed by atoms with Crippen LogP contribution in [0.15, 0.2) is 47.4 Å². The molecule has 1 aliphatic rings. The Bertz CT molecular complexity index is 852. The van der Waals surface area contributed by atoms with Crippen LogP contribution < -0.4 is 4.74 Å². The van der Waals surface area contributed by atoms with Gasteiger partial charge in [0.1, 0.15) is 11.6 Å². The van der Waals surface area contributed by atoms with Gasteiger partial charge in [0.05, 0.1) is 24.7 Å². The maximum Gasteiger partial charge on any atom is 0.243 e. The van der Waals surface area contributed by atoms with Gasteiger partial charge in [0.2, 0.25) is 10.0 Å². The van der Waals surface area contributed by atoms with Gasteiger partial charge in [-0.25, -0.2) is 12.8 Å². The average molecular weight is 365 g/mol. The van der Waals surface area contributed by atoms with E-state index in [0.29, 0.717) is 12.2 Å². The van der Waals surface area contributed by atoms with E-state index in [-0.39, 0.29) is 24.1 Å². The van der Waals surface area contributed by atoms with E-state index in [4.69, 9.17) is 9.47 Å². The zero-order chi connectivity index (χ0) is 18.0. The third-order valence-corrected chi connectivity index (χ3v) is 6.15. The number of halogens is 1. The first kappa shape index (κ1) is 17.8. The molecule has 1 unspecified atom stereocenters. The van der Waals surface area contributed by atoms with Crippen molar-refractivity contribution in [2.24, 2.45) is 0 Å². The summed E-state index contributed by atoms with van der Waals surface area (Å²) in [6, 6.07) is 11.2. The summed E-state index contributed by atoms with van der Waals surface area (Å²) < 4.78 is 51.4. The van der Waals surface area contributed by atoms with Gasteiger partial charge in [-0.15, -0.1) is 0 Å². The fourth-order valence-electron chi connectivity index (χ4n) is 2.79. The third-order valence-electron chi connectivity index (χ3n) is 4.28. The van der Waals surface area contributed by atoms with Crippen LogP contribution in [0, 0.1) is 12.7 Å². The van der Waals surface area contributed by atoms with Crippen LogP contribution in [0.25, 0.3) is 0 Å². The van der Waals surface area contributed by atoms with E-state index in [1.165, 1.54) is 22.5 Å². The highest BCUT2D eigenvalue weighted by atomic mass is 32.2. The van der Waals surface area contributed by atoms with Crippen LogP contribution in [0.4, 0.5) is 4.39 Å². The predicted molar refractivity (Wildman–Crippen MR) is 91.6 cm³/mol. The normalized spacial score (nSPS) is 18.9. The molecule has 2 aromatic rings. The molecule has 0 radical (unpaired) electrons. The van der Waals surface area contributed by atoms with Gasteiger partial charge >= 0.3 is 0 Å². The summed E-state index contributed by atoms with van der Waals surface area (Å²) in [7, 11) is -2.10. The van der Waals surface area contributed by atoms with Crippen molar-refractivity contribution in [1.29, 1.82) is 0 Å². The van der Waals surface area contributed by atoms with Crippen LogP contribution in [-0.4, -0.2) is 39.5 Å². The number of benzene rings is 2. The van der Waals surface area contributed by atoms with Gasteiger partial charge in [0, 0.05) is 13.1 Å². The number of methoxy groups -OCH3 is 1. The Kier molecular flexibility index (Phi) is 5.08. The fraction of sp³-hybridized carbons (Fsp3) is 0.333. The highest BCUT2D eigenvalue weighted by Gasteiger charge is 2.31. The topological polar surface area (TPSA) is 55.8 Å². The summed E-state index contributed by atoms with van der Waals surface area (Å²) in [6.07, 6.45) is -0.351. The molecule has 134 valence electrons. The second-order valence-electron chi connectivity index (χ2n) is 5.91. The minimum Gasteiger partial charge on any atom is -0.497 e. The van der Waals surface area contributed by atoms with Crippen LogP contribution in [0.2, 0.25) is 0 Å². The molecular formula is C18H20FNO4S. The molecular weight excluding hydrogens is 345 g/mol. The molecule has 2 aromatic carbocycles. The van der Waals surface area contributed by atoms with Crippen molar-refractivity contribution in [2.45, 2.75) is 17.9 Å². The Morgan fingerprint density at radius 3 is 2.56 bits per heavy atom. The average Bonchev–Trinajstić information content (AvgIpc) is 2.64. The molecule has 0 spiro atoms. The molecule has 25 heavy (non-hydrogen) atoms. The van der Waals surface area contributed by atoms with E-state index < -0.39 is 15.8 Å². The highest BCUT2D eigenvalue weighted by molar-refractivity contribution is 7.89. The van der Waals surface area contributed by atoms with Crippen LogP contribution >= 0.6 is 0 Å². The monoisotopic (exact) mass is 365 g/mol. The van der Waals surface area contributed by atoms with Crippen molar-refractivity contribution < 1.29 is 22.3 Å². The summed E-state index contributed by atoms with van der Waals surface area (Å²) >= 11 is 0. The smallest absolute Gasteiger partial charge is 0.243 e. The van der Waals surface area contributed by atoms with E-state index in [0.717, 1.165) is 11.3 Å². The number of nitrogens with zero attached hydrogens (tertiary/aromatic N) is 1. The van der Waals surface area contributed by atoms with Gasteiger partial charge in [-0.05, 0) is 48.4 Å². The molecule has 0 aromatic heterocycles. The summed E-state index contributed by atoms with van der Waals surface area (Å²) in [5, 5.41) is 0. The van der Waals surface area contributed by atoms with Crippen LogP contribution in [0.3, 0.4) is 0 Å². The van der Waals surface area contributed by atoms with E-state index in [1.807, 2.05) is 24.3 Å². The minimum atomic E-state index is -3.69. The second kappa shape index (κ2) is 7.11. The Labute approximate surface area is 147 Å². The molecule has 0 bridgehead atoms. The van der Waals surface area contributed by atoms with E-state index in [2.05, 4.69) is 0 Å². The number of rotatable bonds is 4. The Hall–Kier alpha value is -1.96. The standard InChI is InChI=1S/C18H20FNO4S/c1-13-11-16(7-8-17(13)19)25(21,22)20-9-10-24-18(12-20)14-3-5-15(23-2)6-4-14/h3-8,11,18H,9-10,12H2,1-2H3. The van der Waals surface area contributed by atoms with Crippen molar-refractivity contribution in [1.82, 2.24) is 4.31 Å². The molecule has 1 saturated heterocycles. The Balaban J connectivity index is 1.83. The first-order valence-electron chi connectivity index (χ1n) is 7.93. The lowest BCUT2D eigenvalue weighted by atomic mass is 10.1. The van der Waals surface area contributed by atoms with Crippen molar-refractivity contribution in [3.63, 3.8) is 0 Å². The van der Waals surface area contributed by atoms with E-state index >= 15 is 0 Å². The molecule has 0 N–H and O–H groups in total. The molecule has 1 fully saturated rings. The summed E-state index contributed by atoms with van der Waals surface area (Å²) in [5.74, 6) is 0.308. The maximum absolute atomic E-state index is 13.4. The quantitative estimate of drug-likeness (QED) is 0.836. The van der Waals surface area contributed by atoms with Gasteiger partial charge in [0.25, 0.3) is 0 Å². The van der Waals surface area contributed by atoms with Gasteiger partial charge in [-0.2, -0.15) is 4.31 Å². The number of morpholine rings is 1. The fourth-order valence-corrected chi connectivity index (χ4v) is 4.30. The highest BCUT2D eigenvalue weighted by Crippen LogP contribution is 2.28. The van der Waals surface area contributed by atoms with Crippen molar-refractivity contribution >= 4 is 10.0 Å². The van der Waals surface area contributed by atoms with Crippen LogP contribution in [-0.2, 0) is 14.8 Å². The Morgan fingerprint density at radius 1 is 1.20 bits per heavy atom. The first-order valence-corrected chi connectivity index (χ1v) is 9.37. The summed E-state index contributed by atoms with van der Waals surface area (Å²) in [4.78, 5) is 0.0989. The summed E-state index contributed by atoms with van der Waals surface area (Å²) in [6.45, 7) is 2.33. The second-order valence-corrected chi connectivity index (χ2v) is 7.84. The van der Waals surface area contributed by atoms with E-state index in [9.17, 15) is 12.8 Å².